The zero-order valence-electron chi connectivity index (χ0n) is 15.1. The lowest BCUT2D eigenvalue weighted by Crippen LogP contribution is -2.48. The topological polar surface area (TPSA) is 62.4 Å². The summed E-state index contributed by atoms with van der Waals surface area (Å²) in [4.78, 5) is 12.2. The van der Waals surface area contributed by atoms with Crippen molar-refractivity contribution in [2.24, 2.45) is 0 Å². The molecule has 0 fully saturated rings. The monoisotopic (exact) mass is 391 g/mol. The van der Waals surface area contributed by atoms with E-state index in [0.29, 0.717) is 10.8 Å². The molecule has 2 rings (SSSR count). The molecule has 0 spiro atoms. The summed E-state index contributed by atoms with van der Waals surface area (Å²) in [6.45, 7) is 7.55. The van der Waals surface area contributed by atoms with Crippen molar-refractivity contribution in [2.75, 3.05) is 5.32 Å². The van der Waals surface area contributed by atoms with Gasteiger partial charge >= 0.3 is 0 Å². The number of hydrogen-bond acceptors (Lipinski definition) is 3. The summed E-state index contributed by atoms with van der Waals surface area (Å²) in [6, 6.07) is 11.2. The Labute approximate surface area is 164 Å². The van der Waals surface area contributed by atoms with Crippen LogP contribution in [0.25, 0.3) is 0 Å². The SMILES string of the molecule is Cc1ccc(NC(=S)NNC(=O)[C@@H](C)Oc2cccc(C)c2C)cc1Cl. The molecule has 2 aromatic rings. The van der Waals surface area contributed by atoms with Crippen LogP contribution in [0.1, 0.15) is 23.6 Å². The molecule has 0 aliphatic carbocycles. The molecule has 1 atom stereocenters. The van der Waals surface area contributed by atoms with E-state index < -0.39 is 6.10 Å². The highest BCUT2D eigenvalue weighted by molar-refractivity contribution is 7.80. The average Bonchev–Trinajstić information content (AvgIpc) is 2.60. The fourth-order valence-electron chi connectivity index (χ4n) is 2.15. The van der Waals surface area contributed by atoms with Crippen LogP contribution in [0.5, 0.6) is 5.75 Å². The van der Waals surface area contributed by atoms with Gasteiger partial charge < -0.3 is 10.1 Å². The molecule has 0 saturated carbocycles. The van der Waals surface area contributed by atoms with Crippen LogP contribution in [0.3, 0.4) is 0 Å². The van der Waals surface area contributed by atoms with Crippen molar-refractivity contribution < 1.29 is 9.53 Å². The summed E-state index contributed by atoms with van der Waals surface area (Å²) in [5, 5.41) is 3.83. The van der Waals surface area contributed by atoms with Crippen LogP contribution >= 0.6 is 23.8 Å². The molecule has 1 amide bonds. The standard InChI is InChI=1S/C19H22ClN3O2S/c1-11-6-5-7-17(13(11)3)25-14(4)18(24)22-23-19(26)21-15-9-8-12(2)16(20)10-15/h5-10,14H,1-4H3,(H,22,24)(H2,21,23,26)/t14-/m1/s1. The smallest absolute Gasteiger partial charge is 0.279 e. The minimum Gasteiger partial charge on any atom is -0.481 e. The van der Waals surface area contributed by atoms with Gasteiger partial charge in [0.05, 0.1) is 0 Å². The van der Waals surface area contributed by atoms with Crippen molar-refractivity contribution in [1.29, 1.82) is 0 Å². The number of halogens is 1. The Hall–Kier alpha value is -2.31. The number of carbonyl (C=O) groups is 1. The third kappa shape index (κ3) is 5.34. The van der Waals surface area contributed by atoms with Crippen LogP contribution < -0.4 is 20.9 Å². The number of nitrogens with one attached hydrogen (secondary N) is 3. The van der Waals surface area contributed by atoms with E-state index in [1.807, 2.05) is 51.1 Å². The zero-order chi connectivity index (χ0) is 19.3. The zero-order valence-corrected chi connectivity index (χ0v) is 16.7. The number of aryl methyl sites for hydroxylation is 2. The van der Waals surface area contributed by atoms with E-state index in [1.165, 1.54) is 0 Å². The van der Waals surface area contributed by atoms with Crippen molar-refractivity contribution >= 4 is 40.5 Å². The predicted octanol–water partition coefficient (Wildman–Crippen LogP) is 4.05. The maximum atomic E-state index is 12.2. The molecule has 138 valence electrons. The lowest BCUT2D eigenvalue weighted by Gasteiger charge is -2.18. The highest BCUT2D eigenvalue weighted by atomic mass is 35.5. The Morgan fingerprint density at radius 2 is 1.85 bits per heavy atom. The molecule has 0 saturated heterocycles. The van der Waals surface area contributed by atoms with Crippen LogP contribution in [0.15, 0.2) is 36.4 Å². The number of amides is 1. The highest BCUT2D eigenvalue weighted by Gasteiger charge is 2.16. The van der Waals surface area contributed by atoms with E-state index in [1.54, 1.807) is 13.0 Å². The lowest BCUT2D eigenvalue weighted by molar-refractivity contribution is -0.127. The molecule has 0 radical (unpaired) electrons. The first kappa shape index (κ1) is 20.0. The van der Waals surface area contributed by atoms with Gasteiger partial charge in [-0.05, 0) is 74.8 Å². The van der Waals surface area contributed by atoms with Gasteiger partial charge in [0, 0.05) is 10.7 Å². The third-order valence-electron chi connectivity index (χ3n) is 3.96. The van der Waals surface area contributed by atoms with Gasteiger partial charge in [0.1, 0.15) is 5.75 Å². The van der Waals surface area contributed by atoms with Gasteiger partial charge in [0.2, 0.25) is 0 Å². The fraction of sp³-hybridized carbons (Fsp3) is 0.263. The number of hydrazine groups is 1. The molecule has 7 heteroatoms. The first-order valence-electron chi connectivity index (χ1n) is 8.14. The number of rotatable bonds is 4. The molecule has 0 bridgehead atoms. The second-order valence-electron chi connectivity index (χ2n) is 5.99. The molecule has 26 heavy (non-hydrogen) atoms. The van der Waals surface area contributed by atoms with E-state index in [0.717, 1.165) is 22.4 Å². The van der Waals surface area contributed by atoms with Crippen LogP contribution in [0.2, 0.25) is 5.02 Å². The second kappa shape index (κ2) is 8.87. The van der Waals surface area contributed by atoms with Gasteiger partial charge in [0.15, 0.2) is 11.2 Å². The highest BCUT2D eigenvalue weighted by Crippen LogP contribution is 2.22. The van der Waals surface area contributed by atoms with Crippen molar-refractivity contribution in [3.63, 3.8) is 0 Å². The van der Waals surface area contributed by atoms with Gasteiger partial charge in [-0.15, -0.1) is 0 Å². The number of benzene rings is 2. The fourth-order valence-corrected chi connectivity index (χ4v) is 2.50. The summed E-state index contributed by atoms with van der Waals surface area (Å²) in [5.41, 5.74) is 9.00. The van der Waals surface area contributed by atoms with Crippen LogP contribution in [0, 0.1) is 20.8 Å². The first-order chi connectivity index (χ1) is 12.3. The summed E-state index contributed by atoms with van der Waals surface area (Å²) >= 11 is 11.2. The molecule has 0 aliphatic heterocycles. The molecule has 0 unspecified atom stereocenters. The van der Waals surface area contributed by atoms with Gasteiger partial charge in [-0.25, -0.2) is 0 Å². The third-order valence-corrected chi connectivity index (χ3v) is 4.57. The Balaban J connectivity index is 1.85. The minimum absolute atomic E-state index is 0.247. The van der Waals surface area contributed by atoms with Crippen molar-refractivity contribution in [2.45, 2.75) is 33.8 Å². The number of thiocarbonyl (C=S) groups is 1. The van der Waals surface area contributed by atoms with Crippen molar-refractivity contribution in [3.8, 4) is 5.75 Å². The quantitative estimate of drug-likeness (QED) is 0.542. The lowest BCUT2D eigenvalue weighted by atomic mass is 10.1. The number of ether oxygens (including phenoxy) is 1. The number of carbonyl (C=O) groups excluding carboxylic acids is 1. The molecule has 0 aliphatic rings. The van der Waals surface area contributed by atoms with Gasteiger partial charge in [-0.1, -0.05) is 29.8 Å². The molecule has 0 heterocycles. The average molecular weight is 392 g/mol. The molecule has 2 aromatic carbocycles. The Morgan fingerprint density at radius 3 is 2.54 bits per heavy atom. The Bertz CT molecular complexity index is 826. The summed E-state index contributed by atoms with van der Waals surface area (Å²) in [7, 11) is 0. The van der Waals surface area contributed by atoms with E-state index in [2.05, 4.69) is 16.2 Å². The first-order valence-corrected chi connectivity index (χ1v) is 8.92. The summed E-state index contributed by atoms with van der Waals surface area (Å²) in [6.07, 6.45) is -0.681. The minimum atomic E-state index is -0.681. The van der Waals surface area contributed by atoms with E-state index in [4.69, 9.17) is 28.6 Å². The second-order valence-corrected chi connectivity index (χ2v) is 6.81. The normalized spacial score (nSPS) is 11.4. The van der Waals surface area contributed by atoms with Gasteiger partial charge in [-0.2, -0.15) is 0 Å². The molecule has 0 aromatic heterocycles. The van der Waals surface area contributed by atoms with Crippen molar-refractivity contribution in [3.05, 3.63) is 58.1 Å². The van der Waals surface area contributed by atoms with Gasteiger partial charge in [-0.3, -0.25) is 15.6 Å². The Morgan fingerprint density at radius 1 is 1.12 bits per heavy atom. The maximum absolute atomic E-state index is 12.2. The number of hydrogen-bond donors (Lipinski definition) is 3. The maximum Gasteiger partial charge on any atom is 0.279 e. The van der Waals surface area contributed by atoms with Crippen molar-refractivity contribution in [1.82, 2.24) is 10.9 Å². The van der Waals surface area contributed by atoms with Crippen LogP contribution in [0.4, 0.5) is 5.69 Å². The van der Waals surface area contributed by atoms with Crippen LogP contribution in [-0.2, 0) is 4.79 Å². The predicted molar refractivity (Wildman–Crippen MR) is 110 cm³/mol. The largest absolute Gasteiger partial charge is 0.481 e. The van der Waals surface area contributed by atoms with Crippen LogP contribution in [-0.4, -0.2) is 17.1 Å². The van der Waals surface area contributed by atoms with E-state index >= 15 is 0 Å². The summed E-state index contributed by atoms with van der Waals surface area (Å²) in [5.74, 6) is 0.347. The number of anilines is 1. The molecule has 3 N–H and O–H groups in total. The Kier molecular flexibility index (Phi) is 6.83. The van der Waals surface area contributed by atoms with E-state index in [9.17, 15) is 4.79 Å². The van der Waals surface area contributed by atoms with E-state index in [-0.39, 0.29) is 11.0 Å². The molecule has 5 nitrogen and oxygen atoms in total. The van der Waals surface area contributed by atoms with Gasteiger partial charge in [0.25, 0.3) is 5.91 Å². The summed E-state index contributed by atoms with van der Waals surface area (Å²) < 4.78 is 5.73. The molecular weight excluding hydrogens is 370 g/mol. The molecular formula is C19H22ClN3O2S.